The van der Waals surface area contributed by atoms with E-state index >= 15 is 0 Å². The standard InChI is InChI=1S/C12H18N2O3/c1-10-11(9-13-7-4-8-17-2)5-3-6-12(10)14(15)16/h3,5-6,13H,4,7-9H2,1-2H3. The van der Waals surface area contributed by atoms with Gasteiger partial charge in [0, 0.05) is 31.9 Å². The molecule has 0 fully saturated rings. The van der Waals surface area contributed by atoms with Gasteiger partial charge in [-0.3, -0.25) is 10.1 Å². The minimum Gasteiger partial charge on any atom is -0.385 e. The first-order valence-electron chi connectivity index (χ1n) is 5.59. The molecule has 1 rings (SSSR count). The van der Waals surface area contributed by atoms with Crippen LogP contribution in [0, 0.1) is 17.0 Å². The minimum atomic E-state index is -0.343. The first-order chi connectivity index (χ1) is 8.16. The molecule has 17 heavy (non-hydrogen) atoms. The monoisotopic (exact) mass is 238 g/mol. The Balaban J connectivity index is 2.54. The molecule has 0 spiro atoms. The average Bonchev–Trinajstić information content (AvgIpc) is 2.30. The Kier molecular flexibility index (Phi) is 5.59. The van der Waals surface area contributed by atoms with Gasteiger partial charge in [0.15, 0.2) is 0 Å². The maximum Gasteiger partial charge on any atom is 0.272 e. The number of nitrogens with one attached hydrogen (secondary N) is 1. The summed E-state index contributed by atoms with van der Waals surface area (Å²) in [6, 6.07) is 5.16. The lowest BCUT2D eigenvalue weighted by atomic mass is 10.1. The average molecular weight is 238 g/mol. The van der Waals surface area contributed by atoms with E-state index in [0.29, 0.717) is 6.54 Å². The third-order valence-electron chi connectivity index (χ3n) is 2.63. The molecule has 0 radical (unpaired) electrons. The van der Waals surface area contributed by atoms with Crippen LogP contribution in [0.5, 0.6) is 0 Å². The van der Waals surface area contributed by atoms with Crippen LogP contribution in [0.25, 0.3) is 0 Å². The molecule has 1 N–H and O–H groups in total. The molecule has 5 heteroatoms. The van der Waals surface area contributed by atoms with Crippen LogP contribution in [0.15, 0.2) is 18.2 Å². The van der Waals surface area contributed by atoms with Crippen LogP contribution in [0.2, 0.25) is 0 Å². The molecule has 0 unspecified atom stereocenters. The van der Waals surface area contributed by atoms with E-state index < -0.39 is 0 Å². The van der Waals surface area contributed by atoms with Crippen molar-refractivity contribution >= 4 is 5.69 Å². The highest BCUT2D eigenvalue weighted by molar-refractivity contribution is 5.44. The predicted molar refractivity (Wildman–Crippen MR) is 66.0 cm³/mol. The second-order valence-electron chi connectivity index (χ2n) is 3.84. The van der Waals surface area contributed by atoms with Crippen molar-refractivity contribution in [3.05, 3.63) is 39.4 Å². The lowest BCUT2D eigenvalue weighted by Crippen LogP contribution is -2.17. The molecule has 1 aromatic carbocycles. The Morgan fingerprint density at radius 1 is 1.47 bits per heavy atom. The third-order valence-corrected chi connectivity index (χ3v) is 2.63. The van der Waals surface area contributed by atoms with Gasteiger partial charge >= 0.3 is 0 Å². The lowest BCUT2D eigenvalue weighted by Gasteiger charge is -2.07. The van der Waals surface area contributed by atoms with Crippen LogP contribution in [0.4, 0.5) is 5.69 Å². The first kappa shape index (κ1) is 13.6. The summed E-state index contributed by atoms with van der Waals surface area (Å²) in [5.74, 6) is 0. The Morgan fingerprint density at radius 3 is 2.88 bits per heavy atom. The number of rotatable bonds is 7. The van der Waals surface area contributed by atoms with Crippen LogP contribution < -0.4 is 5.32 Å². The normalized spacial score (nSPS) is 10.5. The van der Waals surface area contributed by atoms with Gasteiger partial charge in [0.1, 0.15) is 0 Å². The van der Waals surface area contributed by atoms with E-state index in [1.54, 1.807) is 20.1 Å². The van der Waals surface area contributed by atoms with Crippen LogP contribution in [-0.2, 0) is 11.3 Å². The van der Waals surface area contributed by atoms with Crippen LogP contribution in [0.1, 0.15) is 17.5 Å². The van der Waals surface area contributed by atoms with E-state index in [0.717, 1.165) is 30.7 Å². The van der Waals surface area contributed by atoms with Crippen molar-refractivity contribution in [1.29, 1.82) is 0 Å². The molecule has 1 aromatic rings. The molecule has 5 nitrogen and oxygen atoms in total. The number of methoxy groups -OCH3 is 1. The Bertz CT molecular complexity index is 380. The van der Waals surface area contributed by atoms with E-state index in [-0.39, 0.29) is 10.6 Å². The molecule has 0 aromatic heterocycles. The van der Waals surface area contributed by atoms with Crippen LogP contribution in [0.3, 0.4) is 0 Å². The summed E-state index contributed by atoms with van der Waals surface area (Å²) in [5, 5.41) is 14.0. The second-order valence-corrected chi connectivity index (χ2v) is 3.84. The fourth-order valence-electron chi connectivity index (χ4n) is 1.62. The largest absolute Gasteiger partial charge is 0.385 e. The van der Waals surface area contributed by atoms with E-state index in [4.69, 9.17) is 4.74 Å². The van der Waals surface area contributed by atoms with E-state index in [9.17, 15) is 10.1 Å². The van der Waals surface area contributed by atoms with Crippen molar-refractivity contribution in [1.82, 2.24) is 5.32 Å². The zero-order valence-electron chi connectivity index (χ0n) is 10.2. The van der Waals surface area contributed by atoms with Crippen molar-refractivity contribution in [2.75, 3.05) is 20.3 Å². The number of nitro benzene ring substituents is 1. The molecular weight excluding hydrogens is 220 g/mol. The molecule has 0 aliphatic carbocycles. The molecule has 0 amide bonds. The van der Waals surface area contributed by atoms with Crippen molar-refractivity contribution in [2.24, 2.45) is 0 Å². The molecule has 0 saturated heterocycles. The molecule has 94 valence electrons. The zero-order chi connectivity index (χ0) is 12.7. The van der Waals surface area contributed by atoms with Crippen molar-refractivity contribution in [3.8, 4) is 0 Å². The molecule has 0 saturated carbocycles. The summed E-state index contributed by atoms with van der Waals surface area (Å²) in [6.45, 7) is 4.00. The van der Waals surface area contributed by atoms with Crippen molar-refractivity contribution < 1.29 is 9.66 Å². The fourth-order valence-corrected chi connectivity index (χ4v) is 1.62. The molecular formula is C12H18N2O3. The Hall–Kier alpha value is -1.46. The summed E-state index contributed by atoms with van der Waals surface area (Å²) in [5.41, 5.74) is 1.88. The van der Waals surface area contributed by atoms with E-state index in [2.05, 4.69) is 5.32 Å². The van der Waals surface area contributed by atoms with Gasteiger partial charge in [0.25, 0.3) is 5.69 Å². The second kappa shape index (κ2) is 6.98. The fraction of sp³-hybridized carbons (Fsp3) is 0.500. The predicted octanol–water partition coefficient (Wildman–Crippen LogP) is 2.03. The van der Waals surface area contributed by atoms with E-state index in [1.165, 1.54) is 6.07 Å². The van der Waals surface area contributed by atoms with Crippen molar-refractivity contribution in [3.63, 3.8) is 0 Å². The minimum absolute atomic E-state index is 0.182. The van der Waals surface area contributed by atoms with Crippen LogP contribution >= 0.6 is 0 Å². The highest BCUT2D eigenvalue weighted by Crippen LogP contribution is 2.20. The number of ether oxygens (including phenoxy) is 1. The quantitative estimate of drug-likeness (QED) is 0.448. The summed E-state index contributed by atoms with van der Waals surface area (Å²) in [4.78, 5) is 10.4. The number of benzene rings is 1. The van der Waals surface area contributed by atoms with Gasteiger partial charge in [0.05, 0.1) is 4.92 Å². The number of nitro groups is 1. The van der Waals surface area contributed by atoms with Gasteiger partial charge in [-0.15, -0.1) is 0 Å². The van der Waals surface area contributed by atoms with Crippen molar-refractivity contribution in [2.45, 2.75) is 19.9 Å². The van der Waals surface area contributed by atoms with E-state index in [1.807, 2.05) is 6.07 Å². The highest BCUT2D eigenvalue weighted by Gasteiger charge is 2.12. The summed E-state index contributed by atoms with van der Waals surface area (Å²) >= 11 is 0. The van der Waals surface area contributed by atoms with Gasteiger partial charge in [-0.05, 0) is 25.5 Å². The molecule has 0 aliphatic heterocycles. The summed E-state index contributed by atoms with van der Waals surface area (Å²) < 4.78 is 4.94. The van der Waals surface area contributed by atoms with Gasteiger partial charge in [0.2, 0.25) is 0 Å². The van der Waals surface area contributed by atoms with Gasteiger partial charge in [-0.1, -0.05) is 12.1 Å². The molecule has 0 bridgehead atoms. The Labute approximate surface area is 101 Å². The third kappa shape index (κ3) is 4.13. The van der Waals surface area contributed by atoms with Gasteiger partial charge < -0.3 is 10.1 Å². The molecule has 0 heterocycles. The lowest BCUT2D eigenvalue weighted by molar-refractivity contribution is -0.385. The maximum absolute atomic E-state index is 10.8. The summed E-state index contributed by atoms with van der Waals surface area (Å²) in [7, 11) is 1.67. The summed E-state index contributed by atoms with van der Waals surface area (Å²) in [6.07, 6.45) is 0.935. The first-order valence-corrected chi connectivity index (χ1v) is 5.59. The molecule has 0 aliphatic rings. The Morgan fingerprint density at radius 2 is 2.24 bits per heavy atom. The number of hydrogen-bond acceptors (Lipinski definition) is 4. The highest BCUT2D eigenvalue weighted by atomic mass is 16.6. The smallest absolute Gasteiger partial charge is 0.272 e. The number of hydrogen-bond donors (Lipinski definition) is 1. The van der Waals surface area contributed by atoms with Crippen LogP contribution in [-0.4, -0.2) is 25.2 Å². The SMILES string of the molecule is COCCCNCc1cccc([N+](=O)[O-])c1C. The van der Waals surface area contributed by atoms with Gasteiger partial charge in [-0.25, -0.2) is 0 Å². The number of nitrogens with zero attached hydrogens (tertiary/aromatic N) is 1. The topological polar surface area (TPSA) is 64.4 Å². The zero-order valence-corrected chi connectivity index (χ0v) is 10.2. The van der Waals surface area contributed by atoms with Gasteiger partial charge in [-0.2, -0.15) is 0 Å². The maximum atomic E-state index is 10.8. The molecule has 0 atom stereocenters.